The van der Waals surface area contributed by atoms with Crippen molar-refractivity contribution in [1.82, 2.24) is 10.3 Å². The van der Waals surface area contributed by atoms with Crippen LogP contribution >= 0.6 is 0 Å². The van der Waals surface area contributed by atoms with Gasteiger partial charge in [0.15, 0.2) is 0 Å². The third-order valence-corrected chi connectivity index (χ3v) is 4.05. The molecule has 0 saturated heterocycles. The number of nitrogens with one attached hydrogen (secondary N) is 1. The van der Waals surface area contributed by atoms with Crippen molar-refractivity contribution >= 4 is 0 Å². The molecule has 98 valence electrons. The number of nitrogens with zero attached hydrogens (tertiary/aromatic N) is 1. The number of aromatic nitrogens is 1. The van der Waals surface area contributed by atoms with Gasteiger partial charge in [-0.3, -0.25) is 4.98 Å². The van der Waals surface area contributed by atoms with Gasteiger partial charge < -0.3 is 5.32 Å². The van der Waals surface area contributed by atoms with E-state index in [1.165, 1.54) is 40.7 Å². The Morgan fingerprint density at radius 3 is 3.00 bits per heavy atom. The van der Waals surface area contributed by atoms with Gasteiger partial charge in [-0.25, -0.2) is 0 Å². The van der Waals surface area contributed by atoms with Gasteiger partial charge in [-0.15, -0.1) is 0 Å². The lowest BCUT2D eigenvalue weighted by molar-refractivity contribution is 0.529. The minimum atomic E-state index is 0.502. The minimum Gasteiger partial charge on any atom is -0.306 e. The van der Waals surface area contributed by atoms with E-state index in [1.54, 1.807) is 0 Å². The lowest BCUT2D eigenvalue weighted by Gasteiger charge is -2.15. The molecule has 0 saturated carbocycles. The van der Waals surface area contributed by atoms with Crippen LogP contribution in [0.2, 0.25) is 0 Å². The summed E-state index contributed by atoms with van der Waals surface area (Å²) in [4.78, 5) is 4.14. The summed E-state index contributed by atoms with van der Waals surface area (Å²) in [6.45, 7) is 5.21. The second-order valence-corrected chi connectivity index (χ2v) is 5.48. The van der Waals surface area contributed by atoms with Gasteiger partial charge >= 0.3 is 0 Å². The summed E-state index contributed by atoms with van der Waals surface area (Å²) in [7, 11) is 0. The number of fused-ring (bicyclic) bond motifs is 1. The van der Waals surface area contributed by atoms with Crippen LogP contribution in [0.15, 0.2) is 36.7 Å². The molecule has 1 heterocycles. The van der Waals surface area contributed by atoms with Gasteiger partial charge in [-0.2, -0.15) is 0 Å². The summed E-state index contributed by atoms with van der Waals surface area (Å²) in [5, 5.41) is 3.69. The van der Waals surface area contributed by atoms with Crippen LogP contribution in [0.5, 0.6) is 0 Å². The van der Waals surface area contributed by atoms with Crippen molar-refractivity contribution in [1.29, 1.82) is 0 Å². The quantitative estimate of drug-likeness (QED) is 0.904. The molecule has 0 aliphatic heterocycles. The van der Waals surface area contributed by atoms with E-state index >= 15 is 0 Å². The van der Waals surface area contributed by atoms with Crippen LogP contribution in [0.4, 0.5) is 0 Å². The highest BCUT2D eigenvalue weighted by Gasteiger charge is 2.21. The molecule has 1 aromatic carbocycles. The molecule has 19 heavy (non-hydrogen) atoms. The molecule has 1 atom stereocenters. The molecule has 2 heteroatoms. The molecule has 3 rings (SSSR count). The maximum atomic E-state index is 4.14. The summed E-state index contributed by atoms with van der Waals surface area (Å²) in [5.41, 5.74) is 6.96. The fraction of sp³-hybridized carbons (Fsp3) is 0.353. The first-order chi connectivity index (χ1) is 9.24. The van der Waals surface area contributed by atoms with Gasteiger partial charge in [0.25, 0.3) is 0 Å². The molecule has 2 nitrogen and oxygen atoms in total. The van der Waals surface area contributed by atoms with Crippen LogP contribution in [0.25, 0.3) is 0 Å². The predicted molar refractivity (Wildman–Crippen MR) is 78.1 cm³/mol. The highest BCUT2D eigenvalue weighted by molar-refractivity contribution is 5.37. The Balaban J connectivity index is 1.73. The second-order valence-electron chi connectivity index (χ2n) is 5.48. The van der Waals surface area contributed by atoms with Crippen LogP contribution in [-0.2, 0) is 13.0 Å². The highest BCUT2D eigenvalue weighted by Crippen LogP contribution is 2.32. The van der Waals surface area contributed by atoms with Crippen molar-refractivity contribution in [2.24, 2.45) is 0 Å². The molecule has 0 radical (unpaired) electrons. The number of pyridine rings is 1. The third-order valence-electron chi connectivity index (χ3n) is 4.05. The largest absolute Gasteiger partial charge is 0.306 e. The Kier molecular flexibility index (Phi) is 3.34. The maximum absolute atomic E-state index is 4.14. The molecule has 2 aromatic rings. The van der Waals surface area contributed by atoms with Gasteiger partial charge in [0.1, 0.15) is 0 Å². The monoisotopic (exact) mass is 252 g/mol. The maximum Gasteiger partial charge on any atom is 0.0329 e. The van der Waals surface area contributed by atoms with E-state index in [9.17, 15) is 0 Å². The summed E-state index contributed by atoms with van der Waals surface area (Å²) < 4.78 is 0. The SMILES string of the molecule is Cc1ccc2c(c1)C(NCc1ccncc1C)CC2. The molecule has 0 bridgehead atoms. The smallest absolute Gasteiger partial charge is 0.0329 e. The Labute approximate surface area is 114 Å². The Morgan fingerprint density at radius 1 is 1.26 bits per heavy atom. The van der Waals surface area contributed by atoms with Crippen LogP contribution in [0.1, 0.15) is 40.3 Å². The lowest BCUT2D eigenvalue weighted by Crippen LogP contribution is -2.19. The predicted octanol–water partition coefficient (Wildman–Crippen LogP) is 3.48. The standard InChI is InChI=1S/C17H20N2/c1-12-3-4-14-5-6-17(16(14)9-12)19-11-15-7-8-18-10-13(15)2/h3-4,7-10,17,19H,5-6,11H2,1-2H3. The zero-order chi connectivity index (χ0) is 13.2. The van der Waals surface area contributed by atoms with Crippen LogP contribution in [0.3, 0.4) is 0 Å². The van der Waals surface area contributed by atoms with Crippen molar-refractivity contribution < 1.29 is 0 Å². The van der Waals surface area contributed by atoms with Crippen molar-refractivity contribution in [3.63, 3.8) is 0 Å². The van der Waals surface area contributed by atoms with Crippen LogP contribution in [0, 0.1) is 13.8 Å². The molecule has 0 spiro atoms. The molecule has 1 N–H and O–H groups in total. The molecule has 1 aromatic heterocycles. The lowest BCUT2D eigenvalue weighted by atomic mass is 10.0. The first kappa shape index (κ1) is 12.4. The molecule has 1 unspecified atom stereocenters. The normalized spacial score (nSPS) is 17.5. The molecule has 1 aliphatic carbocycles. The number of aryl methyl sites for hydroxylation is 3. The topological polar surface area (TPSA) is 24.9 Å². The highest BCUT2D eigenvalue weighted by atomic mass is 14.9. The average Bonchev–Trinajstić information content (AvgIpc) is 2.80. The van der Waals surface area contributed by atoms with E-state index in [0.717, 1.165) is 6.54 Å². The zero-order valence-electron chi connectivity index (χ0n) is 11.6. The number of benzene rings is 1. The Hall–Kier alpha value is -1.67. The van der Waals surface area contributed by atoms with Gasteiger partial charge in [0.2, 0.25) is 0 Å². The first-order valence-corrected chi connectivity index (χ1v) is 6.96. The van der Waals surface area contributed by atoms with Gasteiger partial charge in [-0.05, 0) is 55.0 Å². The van der Waals surface area contributed by atoms with Crippen LogP contribution < -0.4 is 5.32 Å². The summed E-state index contributed by atoms with van der Waals surface area (Å²) >= 11 is 0. The number of rotatable bonds is 3. The Bertz CT molecular complexity index is 590. The molecule has 0 fully saturated rings. The third kappa shape index (κ3) is 2.54. The summed E-state index contributed by atoms with van der Waals surface area (Å²) in [6, 6.07) is 9.44. The average molecular weight is 252 g/mol. The van der Waals surface area contributed by atoms with E-state index in [1.807, 2.05) is 12.4 Å². The number of hydrogen-bond acceptors (Lipinski definition) is 2. The fourth-order valence-corrected chi connectivity index (χ4v) is 2.87. The zero-order valence-corrected chi connectivity index (χ0v) is 11.6. The minimum absolute atomic E-state index is 0.502. The molecular formula is C17H20N2. The number of hydrogen-bond donors (Lipinski definition) is 1. The van der Waals surface area contributed by atoms with Gasteiger partial charge in [-0.1, -0.05) is 23.8 Å². The molecular weight excluding hydrogens is 232 g/mol. The van der Waals surface area contributed by atoms with E-state index < -0.39 is 0 Å². The van der Waals surface area contributed by atoms with E-state index in [0.29, 0.717) is 6.04 Å². The first-order valence-electron chi connectivity index (χ1n) is 6.96. The molecule has 1 aliphatic rings. The van der Waals surface area contributed by atoms with Gasteiger partial charge in [0, 0.05) is 25.0 Å². The van der Waals surface area contributed by atoms with Crippen molar-refractivity contribution in [2.75, 3.05) is 0 Å². The van der Waals surface area contributed by atoms with Crippen molar-refractivity contribution in [3.05, 3.63) is 64.5 Å². The fourth-order valence-electron chi connectivity index (χ4n) is 2.87. The van der Waals surface area contributed by atoms with E-state index in [-0.39, 0.29) is 0 Å². The second kappa shape index (κ2) is 5.14. The summed E-state index contributed by atoms with van der Waals surface area (Å²) in [6.07, 6.45) is 6.21. The van der Waals surface area contributed by atoms with Crippen LogP contribution in [-0.4, -0.2) is 4.98 Å². The Morgan fingerprint density at radius 2 is 2.16 bits per heavy atom. The van der Waals surface area contributed by atoms with Crippen molar-refractivity contribution in [3.8, 4) is 0 Å². The van der Waals surface area contributed by atoms with Crippen molar-refractivity contribution in [2.45, 2.75) is 39.3 Å². The van der Waals surface area contributed by atoms with Gasteiger partial charge in [0.05, 0.1) is 0 Å². The molecule has 0 amide bonds. The van der Waals surface area contributed by atoms with E-state index in [4.69, 9.17) is 0 Å². The summed E-state index contributed by atoms with van der Waals surface area (Å²) in [5.74, 6) is 0. The van der Waals surface area contributed by atoms with E-state index in [2.05, 4.69) is 48.4 Å².